The second-order valence-electron chi connectivity index (χ2n) is 8.96. The monoisotopic (exact) mass is 710 g/mol. The molecule has 4 aromatic rings. The predicted octanol–water partition coefficient (Wildman–Crippen LogP) is 3.82. The first kappa shape index (κ1) is 28.3. The molecule has 0 aliphatic carbocycles. The van der Waals surface area contributed by atoms with Gasteiger partial charge in [-0.1, -0.05) is 92.5 Å². The second kappa shape index (κ2) is 16.9. The summed E-state index contributed by atoms with van der Waals surface area (Å²) in [4.78, 5) is 27.9. The molecular formula is C32H30Br2FN2NaO4. The molecule has 0 aromatic heterocycles. The molecule has 42 heavy (non-hydrogen) atoms. The summed E-state index contributed by atoms with van der Waals surface area (Å²) in [6.07, 6.45) is 0. The van der Waals surface area contributed by atoms with Crippen LogP contribution in [0.3, 0.4) is 0 Å². The van der Waals surface area contributed by atoms with Crippen molar-refractivity contribution in [1.29, 1.82) is 0 Å². The number of halogens is 3. The third kappa shape index (κ3) is 9.49. The van der Waals surface area contributed by atoms with Crippen molar-refractivity contribution in [2.45, 2.75) is 13.1 Å². The summed E-state index contributed by atoms with van der Waals surface area (Å²) in [6.45, 7) is -4.78. The van der Waals surface area contributed by atoms with Crippen LogP contribution in [0.1, 0.15) is 38.8 Å². The van der Waals surface area contributed by atoms with Crippen LogP contribution in [0.4, 0.5) is 4.39 Å². The van der Waals surface area contributed by atoms with Crippen molar-refractivity contribution in [2.75, 3.05) is 26.2 Å². The van der Waals surface area contributed by atoms with Crippen molar-refractivity contribution in [3.8, 4) is 5.75 Å². The number of rotatable bonds is 7. The average molecular weight is 712 g/mol. The maximum atomic E-state index is 13.9. The number of carbonyl (C=O) groups is 2. The van der Waals surface area contributed by atoms with Gasteiger partial charge in [-0.25, -0.2) is 4.39 Å². The van der Waals surface area contributed by atoms with Gasteiger partial charge in [0.2, 0.25) is 0 Å². The fourth-order valence-corrected chi connectivity index (χ4v) is 4.76. The van der Waals surface area contributed by atoms with Gasteiger partial charge < -0.3 is 21.1 Å². The molecule has 10 heteroatoms. The van der Waals surface area contributed by atoms with Crippen LogP contribution in [0, 0.1) is 5.82 Å². The van der Waals surface area contributed by atoms with Crippen LogP contribution < -0.4 is 34.3 Å². The van der Waals surface area contributed by atoms with Gasteiger partial charge in [-0.3, -0.25) is 9.59 Å². The minimum Gasteiger partial charge on any atom is -1.00 e. The van der Waals surface area contributed by atoms with Crippen molar-refractivity contribution in [1.82, 2.24) is 9.80 Å². The molecule has 5 rings (SSSR count). The molecule has 0 spiro atoms. The predicted molar refractivity (Wildman–Crippen MR) is 164 cm³/mol. The molecule has 0 radical (unpaired) electrons. The standard InChI is InChI=1S/C16H15BrFNO2.C16H14BrNO2.Na.H/c17-13-6-7-15(18)14(10-13)16(21)19(8-9-20)11-12-4-2-1-3-5-12;17-13-6-7-15-14(10-13)16(19)18(8-9-20-15)11-12-4-2-1-3-5-12;;/h1-7,10,20H,8-9,11H2;1-7,10H,8-9,11H2;;/q;;+1;-1/i2*9D2;;. The smallest absolute Gasteiger partial charge is 1.00 e. The first-order valence-corrected chi connectivity index (χ1v) is 14.1. The van der Waals surface area contributed by atoms with Crippen LogP contribution in [0.2, 0.25) is 0 Å². The van der Waals surface area contributed by atoms with E-state index >= 15 is 0 Å². The zero-order valence-electron chi connectivity index (χ0n) is 27.8. The minimum absolute atomic E-state index is 0. The fourth-order valence-electron chi connectivity index (χ4n) is 4.04. The average Bonchev–Trinajstić information content (AvgIpc) is 3.07. The molecular weight excluding hydrogens is 678 g/mol. The summed E-state index contributed by atoms with van der Waals surface area (Å²) in [6, 6.07) is 27.4. The summed E-state index contributed by atoms with van der Waals surface area (Å²) in [7, 11) is 0. The molecule has 1 N–H and O–H groups in total. The van der Waals surface area contributed by atoms with Crippen molar-refractivity contribution in [3.63, 3.8) is 0 Å². The van der Waals surface area contributed by atoms with Crippen molar-refractivity contribution < 1.29 is 60.3 Å². The van der Waals surface area contributed by atoms with Gasteiger partial charge in [0.1, 0.15) is 18.1 Å². The Labute approximate surface area is 291 Å². The van der Waals surface area contributed by atoms with Crippen LogP contribution >= 0.6 is 31.9 Å². The van der Waals surface area contributed by atoms with Crippen LogP contribution in [0.15, 0.2) is 106 Å². The van der Waals surface area contributed by atoms with Crippen molar-refractivity contribution in [2.24, 2.45) is 0 Å². The van der Waals surface area contributed by atoms with E-state index < -0.39 is 31.4 Å². The van der Waals surface area contributed by atoms with E-state index in [1.54, 1.807) is 42.5 Å². The zero-order chi connectivity index (χ0) is 32.8. The number of aliphatic hydroxyl groups is 1. The molecule has 1 heterocycles. The number of nitrogens with zero attached hydrogens (tertiary/aromatic N) is 2. The number of amides is 2. The Morgan fingerprint density at radius 1 is 1.00 bits per heavy atom. The first-order chi connectivity index (χ1) is 21.2. The maximum Gasteiger partial charge on any atom is 1.00 e. The van der Waals surface area contributed by atoms with Gasteiger partial charge in [0.25, 0.3) is 11.8 Å². The van der Waals surface area contributed by atoms with E-state index in [1.165, 1.54) is 17.0 Å². The Bertz CT molecular complexity index is 1650. The van der Waals surface area contributed by atoms with E-state index in [9.17, 15) is 19.1 Å². The van der Waals surface area contributed by atoms with Gasteiger partial charge in [0.05, 0.1) is 29.7 Å². The molecule has 1 aliphatic heterocycles. The summed E-state index contributed by atoms with van der Waals surface area (Å²) in [5, 5.41) is 9.42. The molecule has 6 nitrogen and oxygen atoms in total. The number of carbonyl (C=O) groups excluding carboxylic acids is 2. The number of ether oxygens (including phenoxy) is 1. The summed E-state index contributed by atoms with van der Waals surface area (Å²) in [5.41, 5.74) is 1.89. The van der Waals surface area contributed by atoms with E-state index in [-0.39, 0.29) is 61.3 Å². The fraction of sp³-hybridized carbons (Fsp3) is 0.188. The molecule has 0 fully saturated rings. The van der Waals surface area contributed by atoms with E-state index in [0.717, 1.165) is 26.6 Å². The normalized spacial score (nSPS) is 15.0. The van der Waals surface area contributed by atoms with Gasteiger partial charge in [0, 0.05) is 28.6 Å². The quantitative estimate of drug-likeness (QED) is 0.296. The van der Waals surface area contributed by atoms with Gasteiger partial charge in [-0.05, 0) is 47.5 Å². The zero-order valence-corrected chi connectivity index (χ0v) is 27.9. The number of hydrogen-bond acceptors (Lipinski definition) is 4. The molecule has 0 saturated carbocycles. The third-order valence-corrected chi connectivity index (χ3v) is 7.02. The molecule has 0 saturated heterocycles. The van der Waals surface area contributed by atoms with Crippen LogP contribution in [0.5, 0.6) is 5.75 Å². The van der Waals surface area contributed by atoms with Crippen LogP contribution in [-0.4, -0.2) is 52.9 Å². The van der Waals surface area contributed by atoms with Gasteiger partial charge in [0.15, 0.2) is 0 Å². The minimum atomic E-state index is -2.58. The second-order valence-corrected chi connectivity index (χ2v) is 10.8. The molecule has 0 bridgehead atoms. The number of benzene rings is 4. The number of hydrogen-bond donors (Lipinski definition) is 1. The topological polar surface area (TPSA) is 70.1 Å². The van der Waals surface area contributed by atoms with E-state index in [0.29, 0.717) is 16.6 Å². The molecule has 0 atom stereocenters. The van der Waals surface area contributed by atoms with Crippen LogP contribution in [-0.2, 0) is 13.1 Å². The maximum absolute atomic E-state index is 13.9. The third-order valence-electron chi connectivity index (χ3n) is 6.04. The Morgan fingerprint density at radius 3 is 2.29 bits per heavy atom. The van der Waals surface area contributed by atoms with Crippen molar-refractivity contribution >= 4 is 43.7 Å². The largest absolute Gasteiger partial charge is 1.00 e. The van der Waals surface area contributed by atoms with Gasteiger partial charge in [-0.15, -0.1) is 0 Å². The first-order valence-electron chi connectivity index (χ1n) is 14.5. The Morgan fingerprint density at radius 2 is 1.62 bits per heavy atom. The van der Waals surface area contributed by atoms with E-state index in [1.807, 2.05) is 36.4 Å². The van der Waals surface area contributed by atoms with E-state index in [2.05, 4.69) is 31.9 Å². The number of fused-ring (bicyclic) bond motifs is 1. The molecule has 1 aliphatic rings. The Hall–Kier alpha value is -2.53. The SMILES string of the molecule is [2H]C([2H])(O)CN(Cc1ccccc1)C(=O)c1cc(Br)ccc1F.[2H]C1([2H])CN(Cc2ccccc2)C(=O)c2cc(Br)ccc2O1.[H-].[Na+]. The van der Waals surface area contributed by atoms with Crippen LogP contribution in [0.25, 0.3) is 0 Å². The van der Waals surface area contributed by atoms with E-state index in [4.69, 9.17) is 10.2 Å². The Balaban J connectivity index is 0.000000314. The van der Waals surface area contributed by atoms with Crippen molar-refractivity contribution in [3.05, 3.63) is 134 Å². The molecule has 0 unspecified atom stereocenters. The molecule has 4 aromatic carbocycles. The Kier molecular flexibility index (Phi) is 11.4. The van der Waals surface area contributed by atoms with Gasteiger partial charge >= 0.3 is 29.6 Å². The summed E-state index contributed by atoms with van der Waals surface area (Å²) < 4.78 is 51.2. The summed E-state index contributed by atoms with van der Waals surface area (Å²) in [5.74, 6) is -1.35. The molecule has 2 amide bonds. The molecule has 214 valence electrons. The summed E-state index contributed by atoms with van der Waals surface area (Å²) >= 11 is 6.52. The van der Waals surface area contributed by atoms with Gasteiger partial charge in [-0.2, -0.15) is 0 Å².